The summed E-state index contributed by atoms with van der Waals surface area (Å²) in [5.41, 5.74) is 4.75. The van der Waals surface area contributed by atoms with Crippen molar-refractivity contribution >= 4 is 0 Å². The van der Waals surface area contributed by atoms with E-state index in [4.69, 9.17) is 0 Å². The molecule has 0 aromatic heterocycles. The fraction of sp³-hybridized carbons (Fsp3) is 0.333. The van der Waals surface area contributed by atoms with E-state index in [2.05, 4.69) is 37.4 Å². The van der Waals surface area contributed by atoms with Gasteiger partial charge in [-0.1, -0.05) is 36.4 Å². The van der Waals surface area contributed by atoms with Gasteiger partial charge in [-0.05, 0) is 62.1 Å². The van der Waals surface area contributed by atoms with Crippen LogP contribution in [0.1, 0.15) is 22.3 Å². The van der Waals surface area contributed by atoms with Crippen molar-refractivity contribution in [2.24, 2.45) is 0 Å². The molecule has 1 unspecified atom stereocenters. The maximum Gasteiger partial charge on any atom is 0.126 e. The van der Waals surface area contributed by atoms with E-state index in [1.807, 2.05) is 19.2 Å². The van der Waals surface area contributed by atoms with Crippen molar-refractivity contribution in [1.29, 1.82) is 0 Å². The van der Waals surface area contributed by atoms with Crippen molar-refractivity contribution in [2.45, 2.75) is 32.7 Å². The Hall–Kier alpha value is -1.67. The molecule has 0 bridgehead atoms. The second kappa shape index (κ2) is 6.67. The summed E-state index contributed by atoms with van der Waals surface area (Å²) in [4.78, 5) is 0. The van der Waals surface area contributed by atoms with E-state index in [9.17, 15) is 4.39 Å². The summed E-state index contributed by atoms with van der Waals surface area (Å²) < 4.78 is 13.8. The van der Waals surface area contributed by atoms with Gasteiger partial charge in [0.1, 0.15) is 5.82 Å². The van der Waals surface area contributed by atoms with Gasteiger partial charge in [0.25, 0.3) is 0 Å². The third kappa shape index (κ3) is 3.45. The molecule has 0 heterocycles. The normalized spacial score (nSPS) is 12.4. The third-order valence-electron chi connectivity index (χ3n) is 3.93. The van der Waals surface area contributed by atoms with Crippen LogP contribution in [0.2, 0.25) is 0 Å². The molecule has 0 radical (unpaired) electrons. The Kier molecular flexibility index (Phi) is 4.91. The van der Waals surface area contributed by atoms with Gasteiger partial charge in [-0.3, -0.25) is 0 Å². The molecule has 0 spiro atoms. The number of likely N-dealkylation sites (N-methyl/N-ethyl adjacent to an activating group) is 1. The minimum Gasteiger partial charge on any atom is -0.316 e. The summed E-state index contributed by atoms with van der Waals surface area (Å²) in [6.07, 6.45) is 1.63. The summed E-state index contributed by atoms with van der Waals surface area (Å²) in [6.45, 7) is 4.27. The molecule has 2 rings (SSSR count). The van der Waals surface area contributed by atoms with Crippen molar-refractivity contribution in [1.82, 2.24) is 5.32 Å². The van der Waals surface area contributed by atoms with Crippen LogP contribution in [0.25, 0.3) is 0 Å². The Bertz CT molecular complexity index is 557. The van der Waals surface area contributed by atoms with Crippen LogP contribution in [0, 0.1) is 19.7 Å². The summed E-state index contributed by atoms with van der Waals surface area (Å²) in [6, 6.07) is 13.6. The number of aryl methyl sites for hydroxylation is 2. The molecule has 2 aromatic rings. The molecule has 106 valence electrons. The van der Waals surface area contributed by atoms with Crippen LogP contribution in [-0.4, -0.2) is 13.1 Å². The first-order valence-electron chi connectivity index (χ1n) is 7.07. The lowest BCUT2D eigenvalue weighted by molar-refractivity contribution is 0.530. The largest absolute Gasteiger partial charge is 0.316 e. The number of hydrogen-bond acceptors (Lipinski definition) is 1. The first kappa shape index (κ1) is 14.7. The predicted molar refractivity (Wildman–Crippen MR) is 82.6 cm³/mol. The highest BCUT2D eigenvalue weighted by Gasteiger charge is 2.13. The maximum absolute atomic E-state index is 13.8. The van der Waals surface area contributed by atoms with Crippen molar-refractivity contribution in [3.63, 3.8) is 0 Å². The van der Waals surface area contributed by atoms with E-state index in [0.29, 0.717) is 6.42 Å². The zero-order valence-corrected chi connectivity index (χ0v) is 12.4. The summed E-state index contributed by atoms with van der Waals surface area (Å²) in [5.74, 6) is -0.116. The van der Waals surface area contributed by atoms with Crippen LogP contribution in [0.4, 0.5) is 4.39 Å². The second-order valence-corrected chi connectivity index (χ2v) is 5.36. The van der Waals surface area contributed by atoms with Gasteiger partial charge < -0.3 is 5.32 Å². The van der Waals surface area contributed by atoms with Crippen molar-refractivity contribution in [3.8, 4) is 0 Å². The first-order valence-corrected chi connectivity index (χ1v) is 7.07. The molecule has 0 aliphatic rings. The summed E-state index contributed by atoms with van der Waals surface area (Å²) in [7, 11) is 1.94. The SMILES string of the molecule is CNC(Cc1ccccc1F)Cc1c(C)cccc1C. The van der Waals surface area contributed by atoms with Crippen LogP contribution < -0.4 is 5.32 Å². The van der Waals surface area contributed by atoms with Crippen molar-refractivity contribution in [2.75, 3.05) is 7.05 Å². The Morgan fingerprint density at radius 2 is 1.60 bits per heavy atom. The third-order valence-corrected chi connectivity index (χ3v) is 3.93. The summed E-state index contributed by atoms with van der Waals surface area (Å²) in [5, 5.41) is 3.31. The molecule has 0 saturated heterocycles. The highest BCUT2D eigenvalue weighted by molar-refractivity contribution is 5.34. The average Bonchev–Trinajstić information content (AvgIpc) is 2.44. The van der Waals surface area contributed by atoms with Crippen molar-refractivity contribution in [3.05, 3.63) is 70.5 Å². The Labute approximate surface area is 120 Å². The molecule has 1 N–H and O–H groups in total. The number of nitrogens with one attached hydrogen (secondary N) is 1. The molecule has 2 aromatic carbocycles. The fourth-order valence-corrected chi connectivity index (χ4v) is 2.62. The van der Waals surface area contributed by atoms with E-state index in [1.54, 1.807) is 6.07 Å². The Balaban J connectivity index is 2.16. The highest BCUT2D eigenvalue weighted by atomic mass is 19.1. The van der Waals surface area contributed by atoms with Crippen molar-refractivity contribution < 1.29 is 4.39 Å². The molecule has 0 fully saturated rings. The molecular formula is C18H22FN. The lowest BCUT2D eigenvalue weighted by atomic mass is 9.93. The molecule has 2 heteroatoms. The predicted octanol–water partition coefficient (Wildman–Crippen LogP) is 3.82. The van der Waals surface area contributed by atoms with E-state index in [-0.39, 0.29) is 11.9 Å². The van der Waals surface area contributed by atoms with Crippen LogP contribution >= 0.6 is 0 Å². The molecule has 0 aliphatic heterocycles. The zero-order chi connectivity index (χ0) is 14.5. The number of hydrogen-bond donors (Lipinski definition) is 1. The van der Waals surface area contributed by atoms with E-state index >= 15 is 0 Å². The zero-order valence-electron chi connectivity index (χ0n) is 12.4. The number of halogens is 1. The minimum absolute atomic E-state index is 0.116. The van der Waals surface area contributed by atoms with Gasteiger partial charge in [-0.15, -0.1) is 0 Å². The molecule has 1 atom stereocenters. The highest BCUT2D eigenvalue weighted by Crippen LogP contribution is 2.18. The number of rotatable bonds is 5. The summed E-state index contributed by atoms with van der Waals surface area (Å²) >= 11 is 0. The minimum atomic E-state index is -0.116. The van der Waals surface area contributed by atoms with E-state index in [1.165, 1.54) is 22.8 Å². The van der Waals surface area contributed by atoms with Gasteiger partial charge in [0.15, 0.2) is 0 Å². The molecular weight excluding hydrogens is 249 g/mol. The lowest BCUT2D eigenvalue weighted by Crippen LogP contribution is -2.30. The smallest absolute Gasteiger partial charge is 0.126 e. The first-order chi connectivity index (χ1) is 9.61. The Morgan fingerprint density at radius 1 is 0.950 bits per heavy atom. The standard InChI is InChI=1S/C18H22FN/c1-13-7-6-8-14(2)17(13)12-16(20-3)11-15-9-4-5-10-18(15)19/h4-10,16,20H,11-12H2,1-3H3. The van der Waals surface area contributed by atoms with Gasteiger partial charge in [0.05, 0.1) is 0 Å². The Morgan fingerprint density at radius 3 is 2.20 bits per heavy atom. The van der Waals surface area contributed by atoms with E-state index in [0.717, 1.165) is 12.0 Å². The molecule has 0 saturated carbocycles. The van der Waals surface area contributed by atoms with Gasteiger partial charge in [-0.2, -0.15) is 0 Å². The van der Waals surface area contributed by atoms with Gasteiger partial charge in [0, 0.05) is 6.04 Å². The van der Waals surface area contributed by atoms with Gasteiger partial charge >= 0.3 is 0 Å². The lowest BCUT2D eigenvalue weighted by Gasteiger charge is -2.19. The molecule has 1 nitrogen and oxygen atoms in total. The second-order valence-electron chi connectivity index (χ2n) is 5.36. The molecule has 0 aliphatic carbocycles. The van der Waals surface area contributed by atoms with Crippen LogP contribution in [0.15, 0.2) is 42.5 Å². The number of benzene rings is 2. The van der Waals surface area contributed by atoms with Gasteiger partial charge in [0.2, 0.25) is 0 Å². The molecule has 0 amide bonds. The van der Waals surface area contributed by atoms with Crippen LogP contribution in [0.5, 0.6) is 0 Å². The molecule has 20 heavy (non-hydrogen) atoms. The van der Waals surface area contributed by atoms with Gasteiger partial charge in [-0.25, -0.2) is 4.39 Å². The average molecular weight is 271 g/mol. The maximum atomic E-state index is 13.8. The van der Waals surface area contributed by atoms with E-state index < -0.39 is 0 Å². The fourth-order valence-electron chi connectivity index (χ4n) is 2.62. The quantitative estimate of drug-likeness (QED) is 0.872. The monoisotopic (exact) mass is 271 g/mol. The van der Waals surface area contributed by atoms with Crippen LogP contribution in [-0.2, 0) is 12.8 Å². The van der Waals surface area contributed by atoms with Crippen LogP contribution in [0.3, 0.4) is 0 Å². The topological polar surface area (TPSA) is 12.0 Å².